The lowest BCUT2D eigenvalue weighted by molar-refractivity contribution is 1.12. The van der Waals surface area contributed by atoms with Crippen LogP contribution < -0.4 is 16.1 Å². The second kappa shape index (κ2) is 5.68. The van der Waals surface area contributed by atoms with E-state index in [4.69, 9.17) is 16.4 Å². The van der Waals surface area contributed by atoms with E-state index in [0.29, 0.717) is 0 Å². The van der Waals surface area contributed by atoms with E-state index in [-0.39, 0.29) is 11.5 Å². The number of nitrogens with zero attached hydrogens (tertiary/aromatic N) is 3. The summed E-state index contributed by atoms with van der Waals surface area (Å²) in [5.41, 5.74) is 10.6. The highest BCUT2D eigenvalue weighted by Crippen LogP contribution is 2.25. The first-order valence-electron chi connectivity index (χ1n) is 5.32. The number of aryl methyl sites for hydroxylation is 1. The van der Waals surface area contributed by atoms with Gasteiger partial charge in [0.05, 0.1) is 11.4 Å². The van der Waals surface area contributed by atoms with Crippen LogP contribution in [0.5, 0.6) is 0 Å². The van der Waals surface area contributed by atoms with Crippen LogP contribution in [-0.4, -0.2) is 25.6 Å². The van der Waals surface area contributed by atoms with Crippen molar-refractivity contribution < 1.29 is 0 Å². The molecule has 0 heterocycles. The lowest BCUT2D eigenvalue weighted by atomic mass is 10.2. The van der Waals surface area contributed by atoms with Gasteiger partial charge in [0.2, 0.25) is 5.71 Å². The molecule has 1 rings (SSSR count). The van der Waals surface area contributed by atoms with Crippen molar-refractivity contribution in [2.45, 2.75) is 6.92 Å². The number of nitrogens with two attached hydrogens (primary N) is 1. The van der Waals surface area contributed by atoms with Crippen molar-refractivity contribution in [1.29, 1.82) is 10.7 Å². The molecular formula is C12H16N6. The van der Waals surface area contributed by atoms with E-state index in [1.807, 2.05) is 44.1 Å². The van der Waals surface area contributed by atoms with Crippen LogP contribution in [0.1, 0.15) is 5.56 Å². The van der Waals surface area contributed by atoms with Crippen LogP contribution in [0.3, 0.4) is 0 Å². The van der Waals surface area contributed by atoms with E-state index in [1.54, 1.807) is 6.07 Å². The molecule has 6 heteroatoms. The van der Waals surface area contributed by atoms with E-state index in [0.717, 1.165) is 16.9 Å². The normalized spacial score (nSPS) is 10.7. The fraction of sp³-hybridized carbons (Fsp3) is 0.250. The van der Waals surface area contributed by atoms with Crippen molar-refractivity contribution in [1.82, 2.24) is 0 Å². The molecule has 4 N–H and O–H groups in total. The Labute approximate surface area is 106 Å². The maximum absolute atomic E-state index is 8.76. The van der Waals surface area contributed by atoms with Crippen LogP contribution in [0, 0.1) is 23.7 Å². The summed E-state index contributed by atoms with van der Waals surface area (Å²) in [7, 11) is 3.82. The molecule has 1 aromatic rings. The van der Waals surface area contributed by atoms with Gasteiger partial charge in [-0.05, 0) is 24.6 Å². The van der Waals surface area contributed by atoms with Crippen molar-refractivity contribution in [3.63, 3.8) is 0 Å². The van der Waals surface area contributed by atoms with Gasteiger partial charge < -0.3 is 10.6 Å². The highest BCUT2D eigenvalue weighted by atomic mass is 15.3. The summed E-state index contributed by atoms with van der Waals surface area (Å²) >= 11 is 0. The van der Waals surface area contributed by atoms with Crippen molar-refractivity contribution in [3.8, 4) is 6.07 Å². The molecule has 0 aliphatic rings. The lowest BCUT2D eigenvalue weighted by Gasteiger charge is -2.17. The van der Waals surface area contributed by atoms with Crippen LogP contribution in [-0.2, 0) is 0 Å². The van der Waals surface area contributed by atoms with Crippen LogP contribution in [0.25, 0.3) is 0 Å². The number of benzene rings is 1. The minimum absolute atomic E-state index is 0.138. The molecule has 0 spiro atoms. The van der Waals surface area contributed by atoms with Crippen LogP contribution >= 0.6 is 0 Å². The van der Waals surface area contributed by atoms with Crippen LogP contribution in [0.2, 0.25) is 0 Å². The van der Waals surface area contributed by atoms with Gasteiger partial charge in [-0.25, -0.2) is 0 Å². The summed E-state index contributed by atoms with van der Waals surface area (Å²) < 4.78 is 0. The van der Waals surface area contributed by atoms with Gasteiger partial charge in [0.25, 0.3) is 0 Å². The Balaban J connectivity index is 3.07. The topological polar surface area (TPSA) is 101 Å². The standard InChI is InChI=1S/C12H16N6/c1-8-4-5-11(18(2)3)9(6-8)16-17-10(7-13)12(14)15/h4-6,16H,1-3H3,(H3,14,15)/b17-10+. The molecule has 0 saturated heterocycles. The largest absolute Gasteiger partial charge is 0.382 e. The summed E-state index contributed by atoms with van der Waals surface area (Å²) in [5, 5.41) is 19.8. The molecule has 0 aromatic heterocycles. The van der Waals surface area contributed by atoms with Crippen molar-refractivity contribution in [2.75, 3.05) is 24.4 Å². The first-order valence-corrected chi connectivity index (χ1v) is 5.32. The maximum Gasteiger partial charge on any atom is 0.201 e. The molecule has 0 atom stereocenters. The van der Waals surface area contributed by atoms with E-state index in [9.17, 15) is 0 Å². The zero-order chi connectivity index (χ0) is 13.7. The Bertz CT molecular complexity index is 524. The second-order valence-electron chi connectivity index (χ2n) is 4.01. The molecule has 1 aromatic carbocycles. The molecule has 0 unspecified atom stereocenters. The molecule has 0 aliphatic carbocycles. The number of hydrazone groups is 1. The molecule has 94 valence electrons. The van der Waals surface area contributed by atoms with Crippen molar-refractivity contribution in [3.05, 3.63) is 23.8 Å². The van der Waals surface area contributed by atoms with Gasteiger partial charge in [0, 0.05) is 14.1 Å². The summed E-state index contributed by atoms with van der Waals surface area (Å²) in [6, 6.07) is 7.61. The molecule has 0 aliphatic heterocycles. The predicted octanol–water partition coefficient (Wildman–Crippen LogP) is 1.29. The van der Waals surface area contributed by atoms with Gasteiger partial charge in [0.15, 0.2) is 5.84 Å². The second-order valence-corrected chi connectivity index (χ2v) is 4.01. The Hall–Kier alpha value is -2.55. The highest BCUT2D eigenvalue weighted by molar-refractivity contribution is 6.45. The number of anilines is 2. The fourth-order valence-electron chi connectivity index (χ4n) is 1.39. The van der Waals surface area contributed by atoms with Gasteiger partial charge >= 0.3 is 0 Å². The summed E-state index contributed by atoms with van der Waals surface area (Å²) in [5.74, 6) is -0.357. The number of hydrogen-bond donors (Lipinski definition) is 3. The SMILES string of the molecule is Cc1ccc(N(C)C)c(N/N=C(\C#N)C(=N)N)c1. The Morgan fingerprint density at radius 1 is 1.50 bits per heavy atom. The summed E-state index contributed by atoms with van der Waals surface area (Å²) in [6.45, 7) is 1.96. The molecule has 18 heavy (non-hydrogen) atoms. The molecule has 6 nitrogen and oxygen atoms in total. The van der Waals surface area contributed by atoms with Gasteiger partial charge in [-0.2, -0.15) is 10.4 Å². The first-order chi connectivity index (χ1) is 8.45. The van der Waals surface area contributed by atoms with Crippen molar-refractivity contribution in [2.24, 2.45) is 10.8 Å². The first kappa shape index (κ1) is 13.5. The Morgan fingerprint density at radius 2 is 2.17 bits per heavy atom. The number of rotatable bonds is 4. The average molecular weight is 244 g/mol. The van der Waals surface area contributed by atoms with E-state index in [1.165, 1.54) is 0 Å². The molecule has 0 amide bonds. The summed E-state index contributed by atoms with van der Waals surface area (Å²) in [6.07, 6.45) is 0. The predicted molar refractivity (Wildman–Crippen MR) is 74.1 cm³/mol. The molecule has 0 bridgehead atoms. The van der Waals surface area contributed by atoms with Gasteiger partial charge in [-0.15, -0.1) is 0 Å². The smallest absolute Gasteiger partial charge is 0.201 e. The lowest BCUT2D eigenvalue weighted by Crippen LogP contribution is -2.22. The Kier molecular flexibility index (Phi) is 4.27. The fourth-order valence-corrected chi connectivity index (χ4v) is 1.39. The van der Waals surface area contributed by atoms with Crippen LogP contribution in [0.15, 0.2) is 23.3 Å². The quantitative estimate of drug-likeness (QED) is 0.422. The molecule has 0 saturated carbocycles. The number of nitriles is 1. The van der Waals surface area contributed by atoms with E-state index < -0.39 is 0 Å². The molecular weight excluding hydrogens is 228 g/mol. The minimum Gasteiger partial charge on any atom is -0.382 e. The zero-order valence-corrected chi connectivity index (χ0v) is 10.7. The summed E-state index contributed by atoms with van der Waals surface area (Å²) in [4.78, 5) is 1.93. The van der Waals surface area contributed by atoms with Gasteiger partial charge in [-0.1, -0.05) is 6.07 Å². The number of nitrogens with one attached hydrogen (secondary N) is 2. The third kappa shape index (κ3) is 3.22. The average Bonchev–Trinajstić information content (AvgIpc) is 2.29. The maximum atomic E-state index is 8.76. The third-order valence-electron chi connectivity index (χ3n) is 2.28. The monoisotopic (exact) mass is 244 g/mol. The van der Waals surface area contributed by atoms with Crippen LogP contribution in [0.4, 0.5) is 11.4 Å². The molecule has 0 radical (unpaired) electrons. The van der Waals surface area contributed by atoms with Gasteiger partial charge in [0.1, 0.15) is 6.07 Å². The number of amidine groups is 1. The zero-order valence-electron chi connectivity index (χ0n) is 10.7. The highest BCUT2D eigenvalue weighted by Gasteiger charge is 2.06. The minimum atomic E-state index is -0.357. The van der Waals surface area contributed by atoms with Crippen molar-refractivity contribution >= 4 is 22.9 Å². The third-order valence-corrected chi connectivity index (χ3v) is 2.28. The number of hydrogen-bond acceptors (Lipinski definition) is 5. The van der Waals surface area contributed by atoms with E-state index in [2.05, 4.69) is 10.5 Å². The van der Waals surface area contributed by atoms with E-state index >= 15 is 0 Å². The Morgan fingerprint density at radius 3 is 2.67 bits per heavy atom. The van der Waals surface area contributed by atoms with Gasteiger partial charge in [-0.3, -0.25) is 10.8 Å². The molecule has 0 fully saturated rings.